The van der Waals surface area contributed by atoms with E-state index in [1.807, 2.05) is 30.3 Å². The first-order chi connectivity index (χ1) is 11.5. The standard InChI is InChI=1S/C18H20ClN3O2/c1-11-3-4-14(7-12(11)2)22-18(20)21-10-13-8-15(19)17-16(9-13)23-5-6-24-17/h3-4,7-9H,5-6,10H2,1-2H3,(H3,20,21,22). The maximum atomic E-state index is 6.22. The predicted molar refractivity (Wildman–Crippen MR) is 97.3 cm³/mol. The van der Waals surface area contributed by atoms with E-state index in [0.29, 0.717) is 42.2 Å². The Bertz CT molecular complexity index is 790. The Morgan fingerprint density at radius 2 is 1.96 bits per heavy atom. The van der Waals surface area contributed by atoms with Crippen LogP contribution in [0.5, 0.6) is 11.5 Å². The molecule has 3 rings (SSSR count). The Morgan fingerprint density at radius 1 is 1.17 bits per heavy atom. The van der Waals surface area contributed by atoms with Gasteiger partial charge in [-0.15, -0.1) is 0 Å². The zero-order valence-corrected chi connectivity index (χ0v) is 14.5. The van der Waals surface area contributed by atoms with Crippen molar-refractivity contribution < 1.29 is 9.47 Å². The number of nitrogens with two attached hydrogens (primary N) is 1. The number of guanidine groups is 1. The van der Waals surface area contributed by atoms with Crippen LogP contribution in [0.1, 0.15) is 16.7 Å². The summed E-state index contributed by atoms with van der Waals surface area (Å²) in [5, 5.41) is 3.62. The van der Waals surface area contributed by atoms with Crippen LogP contribution < -0.4 is 20.5 Å². The number of hydrogen-bond donors (Lipinski definition) is 2. The normalized spacial score (nSPS) is 13.7. The summed E-state index contributed by atoms with van der Waals surface area (Å²) >= 11 is 6.22. The van der Waals surface area contributed by atoms with E-state index >= 15 is 0 Å². The Morgan fingerprint density at radius 3 is 2.75 bits per heavy atom. The van der Waals surface area contributed by atoms with Crippen LogP contribution in [-0.2, 0) is 6.54 Å². The molecular weight excluding hydrogens is 326 g/mol. The fraction of sp³-hybridized carbons (Fsp3) is 0.278. The lowest BCUT2D eigenvalue weighted by Crippen LogP contribution is -2.22. The lowest BCUT2D eigenvalue weighted by atomic mass is 10.1. The van der Waals surface area contributed by atoms with Gasteiger partial charge in [-0.1, -0.05) is 17.7 Å². The number of rotatable bonds is 3. The molecule has 3 N–H and O–H groups in total. The number of anilines is 1. The second-order valence-corrected chi connectivity index (χ2v) is 6.13. The Kier molecular flexibility index (Phi) is 4.81. The average Bonchev–Trinajstić information content (AvgIpc) is 2.56. The molecule has 0 aliphatic carbocycles. The van der Waals surface area contributed by atoms with Gasteiger partial charge in [-0.2, -0.15) is 0 Å². The highest BCUT2D eigenvalue weighted by molar-refractivity contribution is 6.32. The van der Waals surface area contributed by atoms with Crippen LogP contribution in [0.25, 0.3) is 0 Å². The summed E-state index contributed by atoms with van der Waals surface area (Å²) in [4.78, 5) is 4.36. The van der Waals surface area contributed by atoms with Gasteiger partial charge in [0, 0.05) is 5.69 Å². The van der Waals surface area contributed by atoms with Gasteiger partial charge in [0.1, 0.15) is 13.2 Å². The minimum absolute atomic E-state index is 0.351. The van der Waals surface area contributed by atoms with Gasteiger partial charge in [-0.3, -0.25) is 0 Å². The number of nitrogens with one attached hydrogen (secondary N) is 1. The van der Waals surface area contributed by atoms with Crippen LogP contribution >= 0.6 is 11.6 Å². The molecule has 2 aromatic carbocycles. The molecule has 0 unspecified atom stereocenters. The smallest absolute Gasteiger partial charge is 0.193 e. The van der Waals surface area contributed by atoms with E-state index in [1.54, 1.807) is 0 Å². The van der Waals surface area contributed by atoms with Crippen molar-refractivity contribution in [3.05, 3.63) is 52.0 Å². The first-order valence-corrected chi connectivity index (χ1v) is 8.13. The van der Waals surface area contributed by atoms with Crippen molar-refractivity contribution in [2.75, 3.05) is 18.5 Å². The molecule has 0 saturated carbocycles. The minimum Gasteiger partial charge on any atom is -0.486 e. The summed E-state index contributed by atoms with van der Waals surface area (Å²) in [6.45, 7) is 5.57. The summed E-state index contributed by atoms with van der Waals surface area (Å²) in [7, 11) is 0. The van der Waals surface area contributed by atoms with E-state index in [2.05, 4.69) is 24.2 Å². The van der Waals surface area contributed by atoms with Crippen LogP contribution in [-0.4, -0.2) is 19.2 Å². The maximum absolute atomic E-state index is 6.22. The van der Waals surface area contributed by atoms with Gasteiger partial charge in [0.25, 0.3) is 0 Å². The third-order valence-electron chi connectivity index (χ3n) is 3.87. The lowest BCUT2D eigenvalue weighted by molar-refractivity contribution is 0.171. The summed E-state index contributed by atoms with van der Waals surface area (Å²) in [5.41, 5.74) is 10.2. The predicted octanol–water partition coefficient (Wildman–Crippen LogP) is 3.65. The molecule has 0 amide bonds. The Labute approximate surface area is 146 Å². The highest BCUT2D eigenvalue weighted by Crippen LogP contribution is 2.38. The van der Waals surface area contributed by atoms with Crippen LogP contribution in [0.15, 0.2) is 35.3 Å². The quantitative estimate of drug-likeness (QED) is 0.658. The van der Waals surface area contributed by atoms with Crippen molar-refractivity contribution in [3.63, 3.8) is 0 Å². The van der Waals surface area contributed by atoms with Crippen LogP contribution in [0.4, 0.5) is 5.69 Å². The molecule has 5 nitrogen and oxygen atoms in total. The summed E-state index contributed by atoms with van der Waals surface area (Å²) in [6, 6.07) is 9.77. The molecule has 0 bridgehead atoms. The fourth-order valence-corrected chi connectivity index (χ4v) is 2.73. The van der Waals surface area contributed by atoms with Gasteiger partial charge in [0.15, 0.2) is 17.5 Å². The van der Waals surface area contributed by atoms with Gasteiger partial charge in [0.2, 0.25) is 0 Å². The van der Waals surface area contributed by atoms with Gasteiger partial charge in [0.05, 0.1) is 11.6 Å². The number of benzene rings is 2. The van der Waals surface area contributed by atoms with E-state index < -0.39 is 0 Å². The van der Waals surface area contributed by atoms with Crippen molar-refractivity contribution in [3.8, 4) is 11.5 Å². The first kappa shape index (κ1) is 16.5. The number of nitrogens with zero attached hydrogens (tertiary/aromatic N) is 1. The third kappa shape index (κ3) is 3.74. The van der Waals surface area contributed by atoms with Crippen LogP contribution in [0, 0.1) is 13.8 Å². The first-order valence-electron chi connectivity index (χ1n) is 7.75. The highest BCUT2D eigenvalue weighted by Gasteiger charge is 2.16. The molecule has 1 aliphatic heterocycles. The van der Waals surface area contributed by atoms with Crippen molar-refractivity contribution >= 4 is 23.2 Å². The van der Waals surface area contributed by atoms with Crippen molar-refractivity contribution in [1.82, 2.24) is 0 Å². The second kappa shape index (κ2) is 7.01. The Balaban J connectivity index is 1.70. The van der Waals surface area contributed by atoms with E-state index in [0.717, 1.165) is 11.3 Å². The molecule has 0 atom stereocenters. The number of aliphatic imine (C=N–C) groups is 1. The second-order valence-electron chi connectivity index (χ2n) is 5.73. The van der Waals surface area contributed by atoms with Gasteiger partial charge < -0.3 is 20.5 Å². The van der Waals surface area contributed by atoms with E-state index in [1.165, 1.54) is 11.1 Å². The highest BCUT2D eigenvalue weighted by atomic mass is 35.5. The van der Waals surface area contributed by atoms with E-state index in [9.17, 15) is 0 Å². The molecule has 0 radical (unpaired) electrons. The van der Waals surface area contributed by atoms with Gasteiger partial charge in [-0.05, 0) is 54.8 Å². The molecule has 0 spiro atoms. The number of aryl methyl sites for hydroxylation is 2. The molecule has 1 heterocycles. The number of hydrogen-bond acceptors (Lipinski definition) is 3. The molecule has 126 valence electrons. The van der Waals surface area contributed by atoms with Crippen molar-refractivity contribution in [2.45, 2.75) is 20.4 Å². The lowest BCUT2D eigenvalue weighted by Gasteiger charge is -2.20. The average molecular weight is 346 g/mol. The molecule has 6 heteroatoms. The maximum Gasteiger partial charge on any atom is 0.193 e. The largest absolute Gasteiger partial charge is 0.486 e. The zero-order chi connectivity index (χ0) is 17.1. The van der Waals surface area contributed by atoms with Gasteiger partial charge >= 0.3 is 0 Å². The molecule has 0 fully saturated rings. The van der Waals surface area contributed by atoms with E-state index in [-0.39, 0.29) is 0 Å². The molecule has 0 saturated heterocycles. The fourth-order valence-electron chi connectivity index (χ4n) is 2.44. The monoisotopic (exact) mass is 345 g/mol. The van der Waals surface area contributed by atoms with Crippen molar-refractivity contribution in [2.24, 2.45) is 10.7 Å². The number of ether oxygens (including phenoxy) is 2. The number of fused-ring (bicyclic) bond motifs is 1. The molecule has 1 aliphatic rings. The number of halogens is 1. The van der Waals surface area contributed by atoms with Gasteiger partial charge in [-0.25, -0.2) is 4.99 Å². The molecule has 24 heavy (non-hydrogen) atoms. The SMILES string of the molecule is Cc1ccc(NC(N)=NCc2cc(Cl)c3c(c2)OCCO3)cc1C. The summed E-state index contributed by atoms with van der Waals surface area (Å²) in [5.74, 6) is 1.60. The molecule has 0 aromatic heterocycles. The summed E-state index contributed by atoms with van der Waals surface area (Å²) in [6.07, 6.45) is 0. The molecular formula is C18H20ClN3O2. The van der Waals surface area contributed by atoms with Crippen LogP contribution in [0.3, 0.4) is 0 Å². The summed E-state index contributed by atoms with van der Waals surface area (Å²) < 4.78 is 11.1. The van der Waals surface area contributed by atoms with Crippen LogP contribution in [0.2, 0.25) is 5.02 Å². The topological polar surface area (TPSA) is 68.9 Å². The Hall–Kier alpha value is -2.40. The molecule has 2 aromatic rings. The third-order valence-corrected chi connectivity index (χ3v) is 4.15. The van der Waals surface area contributed by atoms with Crippen molar-refractivity contribution in [1.29, 1.82) is 0 Å². The van der Waals surface area contributed by atoms with E-state index in [4.69, 9.17) is 26.8 Å². The zero-order valence-electron chi connectivity index (χ0n) is 13.7. The minimum atomic E-state index is 0.351.